The third kappa shape index (κ3) is 3.13. The summed E-state index contributed by atoms with van der Waals surface area (Å²) < 4.78 is 6.00. The summed E-state index contributed by atoms with van der Waals surface area (Å²) in [5, 5.41) is 0.815. The van der Waals surface area contributed by atoms with Crippen LogP contribution >= 0.6 is 39.1 Å². The van der Waals surface area contributed by atoms with Crippen molar-refractivity contribution in [3.8, 4) is 5.75 Å². The number of aromatic nitrogens is 2. The Hall–Kier alpha value is -0.840. The van der Waals surface area contributed by atoms with Gasteiger partial charge in [-0.1, -0.05) is 17.7 Å². The molecule has 1 aromatic carbocycles. The van der Waals surface area contributed by atoms with Gasteiger partial charge in [-0.15, -0.1) is 0 Å². The van der Waals surface area contributed by atoms with Gasteiger partial charge in [0.25, 0.3) is 0 Å². The van der Waals surface area contributed by atoms with Crippen LogP contribution in [0.15, 0.2) is 28.9 Å². The summed E-state index contributed by atoms with van der Waals surface area (Å²) in [7, 11) is 1.59. The van der Waals surface area contributed by atoms with Crippen LogP contribution in [0.3, 0.4) is 0 Å². The molecule has 0 aliphatic carbocycles. The minimum atomic E-state index is 0.231. The molecule has 0 radical (unpaired) electrons. The Balaban J connectivity index is 2.31. The summed E-state index contributed by atoms with van der Waals surface area (Å²) in [6, 6.07) is 5.60. The monoisotopic (exact) mass is 346 g/mol. The fourth-order valence-electron chi connectivity index (χ4n) is 1.51. The quantitative estimate of drug-likeness (QED) is 0.782. The van der Waals surface area contributed by atoms with Gasteiger partial charge in [-0.05, 0) is 45.2 Å². The van der Waals surface area contributed by atoms with E-state index < -0.39 is 0 Å². The largest absolute Gasteiger partial charge is 0.495 e. The first-order chi connectivity index (χ1) is 8.60. The van der Waals surface area contributed by atoms with Gasteiger partial charge in [0.1, 0.15) is 5.75 Å². The summed E-state index contributed by atoms with van der Waals surface area (Å²) in [4.78, 5) is 8.07. The molecule has 18 heavy (non-hydrogen) atoms. The van der Waals surface area contributed by atoms with Crippen molar-refractivity contribution in [3.05, 3.63) is 50.4 Å². The summed E-state index contributed by atoms with van der Waals surface area (Å²) in [5.41, 5.74) is 1.85. The molecule has 0 saturated carbocycles. The van der Waals surface area contributed by atoms with Crippen molar-refractivity contribution in [1.29, 1.82) is 0 Å². The molecule has 0 aliphatic rings. The second kappa shape index (κ2) is 5.87. The third-order valence-electron chi connectivity index (χ3n) is 2.37. The second-order valence-electron chi connectivity index (χ2n) is 3.58. The fourth-order valence-corrected chi connectivity index (χ4v) is 2.19. The van der Waals surface area contributed by atoms with Gasteiger partial charge in [0, 0.05) is 12.6 Å². The maximum Gasteiger partial charge on any atom is 0.222 e. The van der Waals surface area contributed by atoms with E-state index in [4.69, 9.17) is 27.9 Å². The molecule has 0 unspecified atom stereocenters. The zero-order chi connectivity index (χ0) is 13.1. The van der Waals surface area contributed by atoms with Gasteiger partial charge in [-0.25, -0.2) is 9.97 Å². The standard InChI is InChI=1S/C12H9BrCl2N2O/c1-18-11-5-7(2-3-9(11)14)4-10-8(13)6-16-12(15)17-10/h2-3,5-6H,4H2,1H3. The van der Waals surface area contributed by atoms with Crippen LogP contribution in [-0.2, 0) is 6.42 Å². The van der Waals surface area contributed by atoms with Crippen LogP contribution in [-0.4, -0.2) is 17.1 Å². The third-order valence-corrected chi connectivity index (χ3v) is 3.53. The van der Waals surface area contributed by atoms with Crippen LogP contribution in [0.1, 0.15) is 11.3 Å². The van der Waals surface area contributed by atoms with Crippen LogP contribution in [0.2, 0.25) is 10.3 Å². The Labute approximate surface area is 123 Å². The van der Waals surface area contributed by atoms with Gasteiger partial charge in [-0.3, -0.25) is 0 Å². The number of methoxy groups -OCH3 is 1. The summed E-state index contributed by atoms with van der Waals surface area (Å²) in [6.45, 7) is 0. The molecular formula is C12H9BrCl2N2O. The number of benzene rings is 1. The van der Waals surface area contributed by atoms with Gasteiger partial charge < -0.3 is 4.74 Å². The number of hydrogen-bond donors (Lipinski definition) is 0. The van der Waals surface area contributed by atoms with Crippen molar-refractivity contribution >= 4 is 39.1 Å². The number of halogens is 3. The van der Waals surface area contributed by atoms with Crippen molar-refractivity contribution in [1.82, 2.24) is 9.97 Å². The second-order valence-corrected chi connectivity index (χ2v) is 5.18. The van der Waals surface area contributed by atoms with Crippen molar-refractivity contribution in [2.75, 3.05) is 7.11 Å². The molecule has 1 heterocycles. The minimum absolute atomic E-state index is 0.231. The van der Waals surface area contributed by atoms with Crippen LogP contribution in [0, 0.1) is 0 Å². The topological polar surface area (TPSA) is 35.0 Å². The predicted molar refractivity (Wildman–Crippen MR) is 75.6 cm³/mol. The SMILES string of the molecule is COc1cc(Cc2nc(Cl)ncc2Br)ccc1Cl. The lowest BCUT2D eigenvalue weighted by atomic mass is 10.1. The maximum atomic E-state index is 5.97. The normalized spacial score (nSPS) is 10.4. The molecule has 0 saturated heterocycles. The smallest absolute Gasteiger partial charge is 0.222 e. The lowest BCUT2D eigenvalue weighted by molar-refractivity contribution is 0.414. The molecular weight excluding hydrogens is 339 g/mol. The van der Waals surface area contributed by atoms with Crippen molar-refractivity contribution < 1.29 is 4.74 Å². The Bertz CT molecular complexity index is 578. The van der Waals surface area contributed by atoms with Gasteiger partial charge in [0.15, 0.2) is 0 Å². The van der Waals surface area contributed by atoms with E-state index in [0.717, 1.165) is 15.7 Å². The van der Waals surface area contributed by atoms with Gasteiger partial charge in [0.2, 0.25) is 5.28 Å². The predicted octanol–water partition coefficient (Wildman–Crippen LogP) is 4.15. The maximum absolute atomic E-state index is 5.97. The van der Waals surface area contributed by atoms with Gasteiger partial charge in [-0.2, -0.15) is 0 Å². The van der Waals surface area contributed by atoms with Crippen LogP contribution in [0.5, 0.6) is 5.75 Å². The lowest BCUT2D eigenvalue weighted by Crippen LogP contribution is -1.96. The molecule has 2 aromatic rings. The van der Waals surface area contributed by atoms with Gasteiger partial charge >= 0.3 is 0 Å². The van der Waals surface area contributed by atoms with Crippen LogP contribution in [0.25, 0.3) is 0 Å². The van der Waals surface area contributed by atoms with Crippen LogP contribution in [0.4, 0.5) is 0 Å². The highest BCUT2D eigenvalue weighted by atomic mass is 79.9. The van der Waals surface area contributed by atoms with E-state index in [0.29, 0.717) is 17.2 Å². The van der Waals surface area contributed by atoms with Gasteiger partial charge in [0.05, 0.1) is 22.3 Å². The first kappa shape index (κ1) is 13.6. The Morgan fingerprint density at radius 1 is 1.33 bits per heavy atom. The Morgan fingerprint density at radius 2 is 2.11 bits per heavy atom. The minimum Gasteiger partial charge on any atom is -0.495 e. The molecule has 1 aromatic heterocycles. The van der Waals surface area contributed by atoms with Crippen molar-refractivity contribution in [2.45, 2.75) is 6.42 Å². The Morgan fingerprint density at radius 3 is 2.83 bits per heavy atom. The molecule has 0 amide bonds. The van der Waals surface area contributed by atoms with E-state index in [9.17, 15) is 0 Å². The molecule has 3 nitrogen and oxygen atoms in total. The molecule has 6 heteroatoms. The number of nitrogens with zero attached hydrogens (tertiary/aromatic N) is 2. The van der Waals surface area contributed by atoms with Crippen LogP contribution < -0.4 is 4.74 Å². The van der Waals surface area contributed by atoms with Crippen molar-refractivity contribution in [3.63, 3.8) is 0 Å². The summed E-state index contributed by atoms with van der Waals surface area (Å²) in [6.07, 6.45) is 2.26. The zero-order valence-electron chi connectivity index (χ0n) is 9.45. The van der Waals surface area contributed by atoms with E-state index >= 15 is 0 Å². The highest BCUT2D eigenvalue weighted by molar-refractivity contribution is 9.10. The van der Waals surface area contributed by atoms with E-state index in [2.05, 4.69) is 25.9 Å². The molecule has 2 rings (SSSR count). The van der Waals surface area contributed by atoms with E-state index in [1.807, 2.05) is 12.1 Å². The molecule has 0 fully saturated rings. The molecule has 0 atom stereocenters. The lowest BCUT2D eigenvalue weighted by Gasteiger charge is -2.07. The molecule has 94 valence electrons. The first-order valence-corrected chi connectivity index (χ1v) is 6.64. The average Bonchev–Trinajstić information content (AvgIpc) is 2.36. The molecule has 0 spiro atoms. The summed E-state index contributed by atoms with van der Waals surface area (Å²) in [5.74, 6) is 0.644. The molecule has 0 bridgehead atoms. The summed E-state index contributed by atoms with van der Waals surface area (Å²) >= 11 is 15.1. The highest BCUT2D eigenvalue weighted by Gasteiger charge is 2.07. The highest BCUT2D eigenvalue weighted by Crippen LogP contribution is 2.27. The number of hydrogen-bond acceptors (Lipinski definition) is 3. The Kier molecular flexibility index (Phi) is 4.43. The molecule has 0 N–H and O–H groups in total. The van der Waals surface area contributed by atoms with Crippen molar-refractivity contribution in [2.24, 2.45) is 0 Å². The average molecular weight is 348 g/mol. The fraction of sp³-hybridized carbons (Fsp3) is 0.167. The molecule has 0 aliphatic heterocycles. The van der Waals surface area contributed by atoms with E-state index in [-0.39, 0.29) is 5.28 Å². The zero-order valence-corrected chi connectivity index (χ0v) is 12.6. The first-order valence-electron chi connectivity index (χ1n) is 5.09. The number of rotatable bonds is 3. The van der Waals surface area contributed by atoms with E-state index in [1.54, 1.807) is 19.4 Å². The van der Waals surface area contributed by atoms with E-state index in [1.165, 1.54) is 0 Å². The number of ether oxygens (including phenoxy) is 1.